The molecule has 1 unspecified atom stereocenters. The average molecular weight is 235 g/mol. The first kappa shape index (κ1) is 14.2. The summed E-state index contributed by atoms with van der Waals surface area (Å²) in [7, 11) is 1.86. The highest BCUT2D eigenvalue weighted by Gasteiger charge is 2.26. The molecule has 2 heteroatoms. The molecule has 1 aromatic carbocycles. The highest BCUT2D eigenvalue weighted by atomic mass is 16.3. The highest BCUT2D eigenvalue weighted by Crippen LogP contribution is 2.29. The van der Waals surface area contributed by atoms with Crippen molar-refractivity contribution >= 4 is 0 Å². The maximum atomic E-state index is 10.5. The Morgan fingerprint density at radius 3 is 2.24 bits per heavy atom. The number of aryl methyl sites for hydroxylation is 1. The molecule has 0 bridgehead atoms. The Bertz CT molecular complexity index is 388. The van der Waals surface area contributed by atoms with Crippen LogP contribution in [0.15, 0.2) is 18.2 Å². The van der Waals surface area contributed by atoms with E-state index in [4.69, 9.17) is 0 Å². The molecule has 0 aliphatic heterocycles. The van der Waals surface area contributed by atoms with Gasteiger partial charge in [-0.3, -0.25) is 0 Å². The van der Waals surface area contributed by atoms with Gasteiger partial charge in [-0.05, 0) is 43.0 Å². The third-order valence-electron chi connectivity index (χ3n) is 3.20. The molecule has 0 fully saturated rings. The van der Waals surface area contributed by atoms with Gasteiger partial charge in [-0.1, -0.05) is 39.0 Å². The Morgan fingerprint density at radius 2 is 1.76 bits per heavy atom. The fourth-order valence-corrected chi connectivity index (χ4v) is 2.11. The largest absolute Gasteiger partial charge is 0.384 e. The summed E-state index contributed by atoms with van der Waals surface area (Å²) in [6.45, 7) is 11.0. The monoisotopic (exact) mass is 235 g/mol. The topological polar surface area (TPSA) is 32.3 Å². The van der Waals surface area contributed by atoms with Gasteiger partial charge < -0.3 is 10.4 Å². The van der Waals surface area contributed by atoms with E-state index in [0.717, 1.165) is 11.1 Å². The third-order valence-corrected chi connectivity index (χ3v) is 3.20. The van der Waals surface area contributed by atoms with Crippen molar-refractivity contribution in [1.29, 1.82) is 0 Å². The molecule has 0 aliphatic rings. The second-order valence-corrected chi connectivity index (χ2v) is 6.08. The molecule has 0 amide bonds. The van der Waals surface area contributed by atoms with E-state index in [-0.39, 0.29) is 5.41 Å². The molecule has 2 N–H and O–H groups in total. The van der Waals surface area contributed by atoms with E-state index >= 15 is 0 Å². The van der Waals surface area contributed by atoms with E-state index < -0.39 is 5.60 Å². The zero-order valence-corrected chi connectivity index (χ0v) is 11.9. The summed E-state index contributed by atoms with van der Waals surface area (Å²) >= 11 is 0. The number of hydrogen-bond donors (Lipinski definition) is 2. The number of aliphatic hydroxyl groups is 1. The van der Waals surface area contributed by atoms with Gasteiger partial charge in [0.25, 0.3) is 0 Å². The first-order valence-electron chi connectivity index (χ1n) is 6.17. The molecule has 0 spiro atoms. The molecular formula is C15H25NO. The second kappa shape index (κ2) is 4.79. The molecule has 0 heterocycles. The number of likely N-dealkylation sites (N-methyl/N-ethyl adjacent to an activating group) is 1. The zero-order valence-electron chi connectivity index (χ0n) is 11.9. The van der Waals surface area contributed by atoms with E-state index in [0.29, 0.717) is 6.54 Å². The summed E-state index contributed by atoms with van der Waals surface area (Å²) in [5.41, 5.74) is 2.70. The highest BCUT2D eigenvalue weighted by molar-refractivity contribution is 5.38. The molecule has 1 rings (SSSR count). The molecule has 0 aliphatic carbocycles. The lowest BCUT2D eigenvalue weighted by Gasteiger charge is -2.28. The minimum Gasteiger partial charge on any atom is -0.384 e. The van der Waals surface area contributed by atoms with Gasteiger partial charge in [0.05, 0.1) is 5.60 Å². The van der Waals surface area contributed by atoms with Crippen molar-refractivity contribution in [2.24, 2.45) is 0 Å². The minimum atomic E-state index is -0.819. The van der Waals surface area contributed by atoms with E-state index in [1.807, 2.05) is 20.9 Å². The van der Waals surface area contributed by atoms with Crippen LogP contribution in [0.25, 0.3) is 0 Å². The molecule has 1 aromatic rings. The molecule has 1 atom stereocenters. The first-order chi connectivity index (χ1) is 7.68. The van der Waals surface area contributed by atoms with Crippen LogP contribution < -0.4 is 5.32 Å². The second-order valence-electron chi connectivity index (χ2n) is 6.08. The molecule has 2 nitrogen and oxygen atoms in total. The van der Waals surface area contributed by atoms with Crippen molar-refractivity contribution in [3.8, 4) is 0 Å². The van der Waals surface area contributed by atoms with E-state index in [9.17, 15) is 5.11 Å². The van der Waals surface area contributed by atoms with Gasteiger partial charge in [-0.15, -0.1) is 0 Å². The zero-order chi connectivity index (χ0) is 13.3. The summed E-state index contributed by atoms with van der Waals surface area (Å²) in [6.07, 6.45) is 0. The van der Waals surface area contributed by atoms with Gasteiger partial charge in [-0.25, -0.2) is 0 Å². The quantitative estimate of drug-likeness (QED) is 0.844. The lowest BCUT2D eigenvalue weighted by atomic mass is 9.82. The van der Waals surface area contributed by atoms with Crippen LogP contribution in [0, 0.1) is 6.92 Å². The standard InChI is InChI=1S/C15H25NO/c1-11-7-8-12(14(2,3)4)9-13(11)15(5,17)10-16-6/h7-9,16-17H,10H2,1-6H3. The van der Waals surface area contributed by atoms with Gasteiger partial charge in [0.15, 0.2) is 0 Å². The number of nitrogens with one attached hydrogen (secondary N) is 1. The molecule has 0 saturated carbocycles. The van der Waals surface area contributed by atoms with Crippen LogP contribution in [0.4, 0.5) is 0 Å². The van der Waals surface area contributed by atoms with Crippen LogP contribution in [0.2, 0.25) is 0 Å². The maximum Gasteiger partial charge on any atom is 0.0994 e. The number of rotatable bonds is 3. The van der Waals surface area contributed by atoms with Crippen LogP contribution in [-0.2, 0) is 11.0 Å². The Balaban J connectivity index is 3.24. The lowest BCUT2D eigenvalue weighted by Crippen LogP contribution is -2.34. The Labute approximate surface area is 105 Å². The Hall–Kier alpha value is -0.860. The fourth-order valence-electron chi connectivity index (χ4n) is 2.11. The van der Waals surface area contributed by atoms with E-state index in [1.165, 1.54) is 5.56 Å². The van der Waals surface area contributed by atoms with Crippen LogP contribution >= 0.6 is 0 Å². The van der Waals surface area contributed by atoms with Crippen LogP contribution in [0.5, 0.6) is 0 Å². The van der Waals surface area contributed by atoms with Crippen molar-refractivity contribution in [2.75, 3.05) is 13.6 Å². The Kier molecular flexibility index (Phi) is 4.00. The predicted molar refractivity (Wildman–Crippen MR) is 73.4 cm³/mol. The smallest absolute Gasteiger partial charge is 0.0994 e. The van der Waals surface area contributed by atoms with Gasteiger partial charge in [0.1, 0.15) is 0 Å². The van der Waals surface area contributed by atoms with Crippen molar-refractivity contribution in [1.82, 2.24) is 5.32 Å². The summed E-state index contributed by atoms with van der Waals surface area (Å²) in [6, 6.07) is 6.38. The van der Waals surface area contributed by atoms with Gasteiger partial charge >= 0.3 is 0 Å². The number of hydrogen-bond acceptors (Lipinski definition) is 2. The van der Waals surface area contributed by atoms with Crippen LogP contribution in [0.3, 0.4) is 0 Å². The van der Waals surface area contributed by atoms with Gasteiger partial charge in [-0.2, -0.15) is 0 Å². The third kappa shape index (κ3) is 3.30. The predicted octanol–water partition coefficient (Wildman–Crippen LogP) is 2.72. The van der Waals surface area contributed by atoms with Gasteiger partial charge in [0.2, 0.25) is 0 Å². The molecule has 0 aromatic heterocycles. The summed E-state index contributed by atoms with van der Waals surface area (Å²) in [4.78, 5) is 0. The minimum absolute atomic E-state index is 0.109. The fraction of sp³-hybridized carbons (Fsp3) is 0.600. The van der Waals surface area contributed by atoms with E-state index in [2.05, 4.69) is 44.3 Å². The Morgan fingerprint density at radius 1 is 1.18 bits per heavy atom. The van der Waals surface area contributed by atoms with Crippen LogP contribution in [-0.4, -0.2) is 18.7 Å². The molecule has 0 radical (unpaired) electrons. The van der Waals surface area contributed by atoms with Crippen molar-refractivity contribution in [2.45, 2.75) is 45.6 Å². The summed E-state index contributed by atoms with van der Waals surface area (Å²) in [5.74, 6) is 0. The molecule has 96 valence electrons. The lowest BCUT2D eigenvalue weighted by molar-refractivity contribution is 0.0584. The SMILES string of the molecule is CNCC(C)(O)c1cc(C(C)(C)C)ccc1C. The maximum absolute atomic E-state index is 10.5. The van der Waals surface area contributed by atoms with E-state index in [1.54, 1.807) is 0 Å². The summed E-state index contributed by atoms with van der Waals surface area (Å²) in [5, 5.41) is 13.5. The molecular weight excluding hydrogens is 210 g/mol. The first-order valence-corrected chi connectivity index (χ1v) is 6.17. The van der Waals surface area contributed by atoms with Gasteiger partial charge in [0, 0.05) is 6.54 Å². The van der Waals surface area contributed by atoms with Crippen molar-refractivity contribution in [3.63, 3.8) is 0 Å². The average Bonchev–Trinajstić information content (AvgIpc) is 2.15. The van der Waals surface area contributed by atoms with Crippen LogP contribution in [0.1, 0.15) is 44.4 Å². The molecule has 0 saturated heterocycles. The normalized spacial score (nSPS) is 15.7. The van der Waals surface area contributed by atoms with Crippen molar-refractivity contribution in [3.05, 3.63) is 34.9 Å². The summed E-state index contributed by atoms with van der Waals surface area (Å²) < 4.78 is 0. The molecule has 17 heavy (non-hydrogen) atoms. The number of benzene rings is 1. The van der Waals surface area contributed by atoms with Crippen molar-refractivity contribution < 1.29 is 5.11 Å².